The molecule has 0 unspecified atom stereocenters. The number of carbonyl (C=O) groups excluding carboxylic acids is 1. The molecule has 128 valence electrons. The van der Waals surface area contributed by atoms with Gasteiger partial charge in [0.15, 0.2) is 5.78 Å². The van der Waals surface area contributed by atoms with Crippen LogP contribution >= 0.6 is 0 Å². The molecule has 1 aromatic carbocycles. The summed E-state index contributed by atoms with van der Waals surface area (Å²) in [4.78, 5) is 12.3. The van der Waals surface area contributed by atoms with E-state index < -0.39 is 8.32 Å². The fourth-order valence-corrected chi connectivity index (χ4v) is 6.08. The van der Waals surface area contributed by atoms with Crippen LogP contribution in [0, 0.1) is 17.3 Å². The molecule has 2 nitrogen and oxygen atoms in total. The molecule has 3 aliphatic carbocycles. The van der Waals surface area contributed by atoms with Gasteiger partial charge in [0.05, 0.1) is 0 Å². The highest BCUT2D eigenvalue weighted by Gasteiger charge is 2.52. The molecule has 0 heterocycles. The maximum atomic E-state index is 12.3. The van der Waals surface area contributed by atoms with E-state index in [0.717, 1.165) is 25.0 Å². The predicted octanol–water partition coefficient (Wildman–Crippen LogP) is 5.10. The normalized spacial score (nSPS) is 34.5. The van der Waals surface area contributed by atoms with Gasteiger partial charge in [-0.25, -0.2) is 0 Å². The Bertz CT molecular complexity index is 715. The molecule has 0 aliphatic heterocycles. The Hall–Kier alpha value is -1.35. The quantitative estimate of drug-likeness (QED) is 0.700. The Morgan fingerprint density at radius 1 is 1.21 bits per heavy atom. The van der Waals surface area contributed by atoms with Crippen molar-refractivity contribution in [3.8, 4) is 5.75 Å². The lowest BCUT2D eigenvalue weighted by Crippen LogP contribution is -2.42. The summed E-state index contributed by atoms with van der Waals surface area (Å²) >= 11 is 0. The first-order chi connectivity index (χ1) is 11.3. The molecule has 0 N–H and O–H groups in total. The van der Waals surface area contributed by atoms with E-state index in [4.69, 9.17) is 4.43 Å². The molecule has 0 aromatic heterocycles. The van der Waals surface area contributed by atoms with Crippen molar-refractivity contribution >= 4 is 14.1 Å². The number of hydrogen-bond donors (Lipinski definition) is 0. The average molecular weight is 341 g/mol. The maximum absolute atomic E-state index is 12.3. The summed E-state index contributed by atoms with van der Waals surface area (Å²) in [5, 5.41) is 0. The Labute approximate surface area is 146 Å². The minimum Gasteiger partial charge on any atom is -0.544 e. The van der Waals surface area contributed by atoms with Crippen LogP contribution in [0.1, 0.15) is 43.2 Å². The van der Waals surface area contributed by atoms with Crippen LogP contribution in [-0.4, -0.2) is 14.1 Å². The maximum Gasteiger partial charge on any atom is 0.242 e. The third kappa shape index (κ3) is 2.48. The third-order valence-electron chi connectivity index (χ3n) is 6.39. The van der Waals surface area contributed by atoms with Crippen molar-refractivity contribution in [1.29, 1.82) is 0 Å². The highest BCUT2D eigenvalue weighted by atomic mass is 28.4. The van der Waals surface area contributed by atoms with Crippen LogP contribution in [0.25, 0.3) is 0 Å². The second-order valence-electron chi connectivity index (χ2n) is 9.09. The van der Waals surface area contributed by atoms with E-state index >= 15 is 0 Å². The van der Waals surface area contributed by atoms with E-state index in [2.05, 4.69) is 50.8 Å². The summed E-state index contributed by atoms with van der Waals surface area (Å²) in [6.07, 6.45) is 8.56. The largest absolute Gasteiger partial charge is 0.544 e. The van der Waals surface area contributed by atoms with E-state index in [1.165, 1.54) is 17.5 Å². The molecule has 1 fully saturated rings. The fraction of sp³-hybridized carbons (Fsp3) is 0.571. The molecule has 3 aliphatic rings. The number of fused-ring (bicyclic) bond motifs is 5. The average Bonchev–Trinajstić information content (AvgIpc) is 2.81. The molecule has 0 bridgehead atoms. The topological polar surface area (TPSA) is 26.3 Å². The third-order valence-corrected chi connectivity index (χ3v) is 7.24. The predicted molar refractivity (Wildman–Crippen MR) is 99.9 cm³/mol. The number of hydrogen-bond acceptors (Lipinski definition) is 2. The molecule has 1 aromatic rings. The van der Waals surface area contributed by atoms with Crippen LogP contribution in [0.4, 0.5) is 0 Å². The van der Waals surface area contributed by atoms with Gasteiger partial charge in [-0.1, -0.05) is 19.1 Å². The van der Waals surface area contributed by atoms with E-state index in [9.17, 15) is 4.79 Å². The van der Waals surface area contributed by atoms with E-state index in [1.54, 1.807) is 0 Å². The molecular formula is C21H28O2Si. The SMILES string of the molecule is C[C@]12CC[C@@H]3c4ccc(O[Si](C)(C)C)cc4CC[C@H]3[C@H]1C=CC2=O. The first-order valence-electron chi connectivity index (χ1n) is 9.32. The molecular weight excluding hydrogens is 312 g/mol. The smallest absolute Gasteiger partial charge is 0.242 e. The molecule has 4 atom stereocenters. The zero-order valence-electron chi connectivity index (χ0n) is 15.3. The monoisotopic (exact) mass is 340 g/mol. The first kappa shape index (κ1) is 16.1. The number of aryl methyl sites for hydroxylation is 1. The van der Waals surface area contributed by atoms with Gasteiger partial charge in [0.2, 0.25) is 8.32 Å². The van der Waals surface area contributed by atoms with Gasteiger partial charge >= 0.3 is 0 Å². The zero-order valence-corrected chi connectivity index (χ0v) is 16.3. The molecule has 0 amide bonds. The van der Waals surface area contributed by atoms with Crippen molar-refractivity contribution in [3.05, 3.63) is 41.5 Å². The van der Waals surface area contributed by atoms with Crippen molar-refractivity contribution in [1.82, 2.24) is 0 Å². The Balaban J connectivity index is 1.64. The number of allylic oxidation sites excluding steroid dienone is 2. The van der Waals surface area contributed by atoms with Gasteiger partial charge in [-0.2, -0.15) is 0 Å². The van der Waals surface area contributed by atoms with Crippen LogP contribution in [0.5, 0.6) is 5.75 Å². The Morgan fingerprint density at radius 3 is 2.75 bits per heavy atom. The van der Waals surface area contributed by atoms with Crippen molar-refractivity contribution in [2.75, 3.05) is 0 Å². The van der Waals surface area contributed by atoms with Gasteiger partial charge in [-0.3, -0.25) is 4.79 Å². The van der Waals surface area contributed by atoms with Gasteiger partial charge in [0, 0.05) is 5.41 Å². The van der Waals surface area contributed by atoms with Crippen molar-refractivity contribution < 1.29 is 9.22 Å². The van der Waals surface area contributed by atoms with Gasteiger partial charge in [-0.05, 0) is 92.4 Å². The molecule has 4 rings (SSSR count). The van der Waals surface area contributed by atoms with Gasteiger partial charge in [0.25, 0.3) is 0 Å². The lowest BCUT2D eigenvalue weighted by molar-refractivity contribution is -0.126. The zero-order chi connectivity index (χ0) is 17.1. The molecule has 0 radical (unpaired) electrons. The van der Waals surface area contributed by atoms with Crippen LogP contribution < -0.4 is 4.43 Å². The summed E-state index contributed by atoms with van der Waals surface area (Å²) in [6, 6.07) is 6.76. The lowest BCUT2D eigenvalue weighted by Gasteiger charge is -2.48. The van der Waals surface area contributed by atoms with E-state index in [1.807, 2.05) is 6.08 Å². The molecule has 0 saturated heterocycles. The lowest BCUT2D eigenvalue weighted by atomic mass is 9.55. The highest BCUT2D eigenvalue weighted by Crippen LogP contribution is 2.57. The van der Waals surface area contributed by atoms with E-state index in [-0.39, 0.29) is 5.41 Å². The summed E-state index contributed by atoms with van der Waals surface area (Å²) in [5.74, 6) is 3.08. The van der Waals surface area contributed by atoms with Crippen molar-refractivity contribution in [2.24, 2.45) is 17.3 Å². The Morgan fingerprint density at radius 2 is 2.00 bits per heavy atom. The minimum atomic E-state index is -1.56. The second-order valence-corrected chi connectivity index (χ2v) is 13.5. The fourth-order valence-electron chi connectivity index (χ4n) is 5.25. The van der Waals surface area contributed by atoms with Gasteiger partial charge in [-0.15, -0.1) is 0 Å². The molecule has 3 heteroatoms. The Kier molecular flexibility index (Phi) is 3.58. The summed E-state index contributed by atoms with van der Waals surface area (Å²) in [6.45, 7) is 8.88. The summed E-state index contributed by atoms with van der Waals surface area (Å²) in [5.41, 5.74) is 2.87. The molecule has 24 heavy (non-hydrogen) atoms. The van der Waals surface area contributed by atoms with E-state index in [0.29, 0.717) is 23.5 Å². The highest BCUT2D eigenvalue weighted by molar-refractivity contribution is 6.70. The number of ketones is 1. The van der Waals surface area contributed by atoms with Crippen LogP contribution in [0.3, 0.4) is 0 Å². The summed E-state index contributed by atoms with van der Waals surface area (Å²) < 4.78 is 6.19. The number of rotatable bonds is 2. The second kappa shape index (κ2) is 5.32. The number of benzene rings is 1. The van der Waals surface area contributed by atoms with Crippen molar-refractivity contribution in [3.63, 3.8) is 0 Å². The van der Waals surface area contributed by atoms with Crippen LogP contribution in [0.15, 0.2) is 30.4 Å². The summed E-state index contributed by atoms with van der Waals surface area (Å²) in [7, 11) is -1.56. The standard InChI is InChI=1S/C21H28O2Si/c1-21-12-11-17-16-8-6-15(23-24(2,3)4)13-14(16)5-7-18(17)19(21)9-10-20(21)22/h6,8-10,13,17-19H,5,7,11-12H2,1-4H3/t17-,18-,19-,21+/m1/s1. The van der Waals surface area contributed by atoms with Crippen molar-refractivity contribution in [2.45, 2.75) is 58.2 Å². The van der Waals surface area contributed by atoms with Gasteiger partial charge in [0.1, 0.15) is 5.75 Å². The molecule has 0 spiro atoms. The molecule has 1 saturated carbocycles. The van der Waals surface area contributed by atoms with Crippen LogP contribution in [0.2, 0.25) is 19.6 Å². The number of carbonyl (C=O) groups is 1. The first-order valence-corrected chi connectivity index (χ1v) is 12.7. The minimum absolute atomic E-state index is 0.125. The van der Waals surface area contributed by atoms with Crippen LogP contribution in [-0.2, 0) is 11.2 Å². The van der Waals surface area contributed by atoms with Gasteiger partial charge < -0.3 is 4.43 Å².